The second-order valence-corrected chi connectivity index (χ2v) is 7.88. The van der Waals surface area contributed by atoms with Crippen molar-refractivity contribution in [1.82, 2.24) is 5.32 Å². The van der Waals surface area contributed by atoms with Gasteiger partial charge in [0.05, 0.1) is 13.5 Å². The normalized spacial score (nSPS) is 11.0. The molecule has 0 aliphatic heterocycles. The van der Waals surface area contributed by atoms with E-state index in [0.717, 1.165) is 10.0 Å². The number of methoxy groups -OCH3 is 1. The van der Waals surface area contributed by atoms with Gasteiger partial charge in [-0.05, 0) is 57.2 Å². The lowest BCUT2D eigenvalue weighted by atomic mass is 10.1. The van der Waals surface area contributed by atoms with Crippen LogP contribution in [0.5, 0.6) is 5.75 Å². The molecule has 2 amide bonds. The summed E-state index contributed by atoms with van der Waals surface area (Å²) in [7, 11) is 1.57. The van der Waals surface area contributed by atoms with E-state index in [1.807, 2.05) is 39.0 Å². The van der Waals surface area contributed by atoms with Gasteiger partial charge in [-0.2, -0.15) is 0 Å². The van der Waals surface area contributed by atoms with Crippen LogP contribution < -0.4 is 15.4 Å². The quantitative estimate of drug-likeness (QED) is 0.765. The van der Waals surface area contributed by atoms with Gasteiger partial charge in [0.15, 0.2) is 0 Å². The molecule has 0 aliphatic rings. The molecule has 2 aromatic rings. The van der Waals surface area contributed by atoms with E-state index in [9.17, 15) is 9.59 Å². The second-order valence-electron chi connectivity index (χ2n) is 6.97. The van der Waals surface area contributed by atoms with Crippen LogP contribution in [0.4, 0.5) is 5.69 Å². The SMILES string of the molecule is COc1ccc(Br)cc1CC(=O)Nc1cccc(C(=O)NC(C)(C)C)c1. The molecule has 2 N–H and O–H groups in total. The smallest absolute Gasteiger partial charge is 0.251 e. The van der Waals surface area contributed by atoms with Crippen LogP contribution in [0.2, 0.25) is 0 Å². The molecule has 0 radical (unpaired) electrons. The Labute approximate surface area is 162 Å². The fourth-order valence-corrected chi connectivity index (χ4v) is 2.82. The van der Waals surface area contributed by atoms with Gasteiger partial charge in [-0.1, -0.05) is 22.0 Å². The van der Waals surface area contributed by atoms with Crippen molar-refractivity contribution in [2.45, 2.75) is 32.7 Å². The van der Waals surface area contributed by atoms with Crippen LogP contribution in [0.3, 0.4) is 0 Å². The van der Waals surface area contributed by atoms with E-state index in [4.69, 9.17) is 4.74 Å². The Bertz CT molecular complexity index is 813. The molecule has 0 atom stereocenters. The van der Waals surface area contributed by atoms with Gasteiger partial charge < -0.3 is 15.4 Å². The summed E-state index contributed by atoms with van der Waals surface area (Å²) in [6.45, 7) is 5.76. The lowest BCUT2D eigenvalue weighted by Crippen LogP contribution is -2.40. The lowest BCUT2D eigenvalue weighted by molar-refractivity contribution is -0.115. The first-order valence-corrected chi connectivity index (χ1v) is 9.02. The number of halogens is 1. The highest BCUT2D eigenvalue weighted by molar-refractivity contribution is 9.10. The fourth-order valence-electron chi connectivity index (χ4n) is 2.41. The molecule has 6 heteroatoms. The van der Waals surface area contributed by atoms with E-state index in [1.165, 1.54) is 0 Å². The molecule has 0 heterocycles. The number of nitrogens with one attached hydrogen (secondary N) is 2. The van der Waals surface area contributed by atoms with Gasteiger partial charge in [0.25, 0.3) is 5.91 Å². The largest absolute Gasteiger partial charge is 0.496 e. The van der Waals surface area contributed by atoms with E-state index in [-0.39, 0.29) is 23.8 Å². The number of anilines is 1. The van der Waals surface area contributed by atoms with E-state index >= 15 is 0 Å². The standard InChI is InChI=1S/C20H23BrN2O3/c1-20(2,3)23-19(25)13-6-5-7-16(11-13)22-18(24)12-14-10-15(21)8-9-17(14)26-4/h5-11H,12H2,1-4H3,(H,22,24)(H,23,25). The van der Waals surface area contributed by atoms with Crippen molar-refractivity contribution in [3.05, 3.63) is 58.1 Å². The summed E-state index contributed by atoms with van der Waals surface area (Å²) in [5.74, 6) is 0.290. The third kappa shape index (κ3) is 5.88. The molecular weight excluding hydrogens is 396 g/mol. The Hall–Kier alpha value is -2.34. The van der Waals surface area contributed by atoms with Crippen LogP contribution in [0.1, 0.15) is 36.7 Å². The first-order chi connectivity index (χ1) is 12.2. The molecule has 138 valence electrons. The molecule has 2 aromatic carbocycles. The summed E-state index contributed by atoms with van der Waals surface area (Å²) in [5.41, 5.74) is 1.53. The zero-order valence-corrected chi connectivity index (χ0v) is 16.9. The third-order valence-corrected chi connectivity index (χ3v) is 3.98. The van der Waals surface area contributed by atoms with Crippen molar-refractivity contribution in [3.63, 3.8) is 0 Å². The minimum absolute atomic E-state index is 0.168. The molecular formula is C20H23BrN2O3. The molecule has 0 saturated carbocycles. The zero-order valence-electron chi connectivity index (χ0n) is 15.4. The number of ether oxygens (including phenoxy) is 1. The maximum absolute atomic E-state index is 12.4. The number of amides is 2. The van der Waals surface area contributed by atoms with Crippen LogP contribution in [-0.2, 0) is 11.2 Å². The highest BCUT2D eigenvalue weighted by Gasteiger charge is 2.16. The maximum Gasteiger partial charge on any atom is 0.251 e. The summed E-state index contributed by atoms with van der Waals surface area (Å²) in [6.07, 6.45) is 0.168. The first-order valence-electron chi connectivity index (χ1n) is 8.23. The Balaban J connectivity index is 2.09. The third-order valence-electron chi connectivity index (χ3n) is 3.49. The summed E-state index contributed by atoms with van der Waals surface area (Å²) in [4.78, 5) is 24.7. The van der Waals surface area contributed by atoms with E-state index in [1.54, 1.807) is 31.4 Å². The van der Waals surface area contributed by atoms with E-state index < -0.39 is 0 Å². The highest BCUT2D eigenvalue weighted by atomic mass is 79.9. The van der Waals surface area contributed by atoms with Crippen molar-refractivity contribution < 1.29 is 14.3 Å². The van der Waals surface area contributed by atoms with Crippen molar-refractivity contribution in [1.29, 1.82) is 0 Å². The number of hydrogen-bond acceptors (Lipinski definition) is 3. The van der Waals surface area contributed by atoms with Crippen LogP contribution in [0.15, 0.2) is 46.9 Å². The van der Waals surface area contributed by atoms with Gasteiger partial charge in [-0.15, -0.1) is 0 Å². The van der Waals surface area contributed by atoms with Crippen LogP contribution in [-0.4, -0.2) is 24.5 Å². The molecule has 0 aromatic heterocycles. The fraction of sp³-hybridized carbons (Fsp3) is 0.300. The molecule has 0 spiro atoms. The summed E-state index contributed by atoms with van der Waals surface area (Å²) in [6, 6.07) is 12.4. The lowest BCUT2D eigenvalue weighted by Gasteiger charge is -2.20. The van der Waals surface area contributed by atoms with Crippen molar-refractivity contribution >= 4 is 33.4 Å². The number of benzene rings is 2. The molecule has 0 fully saturated rings. The van der Waals surface area contributed by atoms with Gasteiger partial charge in [0, 0.05) is 26.8 Å². The van der Waals surface area contributed by atoms with Gasteiger partial charge >= 0.3 is 0 Å². The second kappa shape index (κ2) is 8.36. The number of carbonyl (C=O) groups excluding carboxylic acids is 2. The van der Waals surface area contributed by atoms with Crippen LogP contribution in [0, 0.1) is 0 Å². The van der Waals surface area contributed by atoms with Crippen molar-refractivity contribution in [2.75, 3.05) is 12.4 Å². The van der Waals surface area contributed by atoms with Gasteiger partial charge in [-0.3, -0.25) is 9.59 Å². The molecule has 0 aliphatic carbocycles. The molecule has 0 saturated heterocycles. The molecule has 5 nitrogen and oxygen atoms in total. The molecule has 0 bridgehead atoms. The monoisotopic (exact) mass is 418 g/mol. The molecule has 2 rings (SSSR count). The van der Waals surface area contributed by atoms with Gasteiger partial charge in [0.2, 0.25) is 5.91 Å². The zero-order chi connectivity index (χ0) is 19.3. The van der Waals surface area contributed by atoms with Crippen LogP contribution >= 0.6 is 15.9 Å². The summed E-state index contributed by atoms with van der Waals surface area (Å²) >= 11 is 3.40. The summed E-state index contributed by atoms with van der Waals surface area (Å²) in [5, 5.41) is 5.73. The Morgan fingerprint density at radius 1 is 1.12 bits per heavy atom. The van der Waals surface area contributed by atoms with E-state index in [0.29, 0.717) is 17.0 Å². The predicted octanol–water partition coefficient (Wildman–Crippen LogP) is 4.17. The first kappa shape index (κ1) is 20.0. The van der Waals surface area contributed by atoms with E-state index in [2.05, 4.69) is 26.6 Å². The molecule has 26 heavy (non-hydrogen) atoms. The molecule has 0 unspecified atom stereocenters. The minimum atomic E-state index is -0.326. The van der Waals surface area contributed by atoms with Gasteiger partial charge in [0.1, 0.15) is 5.75 Å². The van der Waals surface area contributed by atoms with Crippen LogP contribution in [0.25, 0.3) is 0 Å². The number of hydrogen-bond donors (Lipinski definition) is 2. The highest BCUT2D eigenvalue weighted by Crippen LogP contribution is 2.24. The Morgan fingerprint density at radius 2 is 1.85 bits per heavy atom. The topological polar surface area (TPSA) is 67.4 Å². The van der Waals surface area contributed by atoms with Crippen molar-refractivity contribution in [2.24, 2.45) is 0 Å². The average Bonchev–Trinajstić information content (AvgIpc) is 2.53. The maximum atomic E-state index is 12.4. The Kier molecular flexibility index (Phi) is 6.42. The Morgan fingerprint density at radius 3 is 2.50 bits per heavy atom. The summed E-state index contributed by atoms with van der Waals surface area (Å²) < 4.78 is 6.17. The average molecular weight is 419 g/mol. The number of carbonyl (C=O) groups is 2. The van der Waals surface area contributed by atoms with Crippen molar-refractivity contribution in [3.8, 4) is 5.75 Å². The van der Waals surface area contributed by atoms with Gasteiger partial charge in [-0.25, -0.2) is 0 Å². The minimum Gasteiger partial charge on any atom is -0.496 e. The number of rotatable bonds is 5. The predicted molar refractivity (Wildman–Crippen MR) is 107 cm³/mol.